The maximum atomic E-state index is 5.80. The fourth-order valence-electron chi connectivity index (χ4n) is 1.73. The Hall–Kier alpha value is -1.42. The molecular formula is C11H16N2O2. The SMILES string of the molecule is COc1cc(N)cc(N2CCOCC2)c1. The van der Waals surface area contributed by atoms with Gasteiger partial charge in [0.2, 0.25) is 0 Å². The summed E-state index contributed by atoms with van der Waals surface area (Å²) in [6.45, 7) is 3.37. The van der Waals surface area contributed by atoms with E-state index < -0.39 is 0 Å². The number of nitrogens with zero attached hydrogens (tertiary/aromatic N) is 1. The highest BCUT2D eigenvalue weighted by Gasteiger charge is 2.12. The first-order valence-electron chi connectivity index (χ1n) is 5.07. The minimum atomic E-state index is 0.732. The molecule has 0 aliphatic carbocycles. The Morgan fingerprint density at radius 2 is 2.00 bits per heavy atom. The second kappa shape index (κ2) is 4.40. The molecule has 0 bridgehead atoms. The molecule has 0 unspecified atom stereocenters. The van der Waals surface area contributed by atoms with Gasteiger partial charge in [-0.05, 0) is 6.07 Å². The van der Waals surface area contributed by atoms with Gasteiger partial charge < -0.3 is 20.1 Å². The average Bonchev–Trinajstić information content (AvgIpc) is 2.29. The van der Waals surface area contributed by atoms with Crippen LogP contribution in [0.2, 0.25) is 0 Å². The predicted octanol–water partition coefficient (Wildman–Crippen LogP) is 1.11. The summed E-state index contributed by atoms with van der Waals surface area (Å²) in [7, 11) is 1.65. The molecule has 0 spiro atoms. The molecule has 82 valence electrons. The number of anilines is 2. The van der Waals surface area contributed by atoms with Crippen LogP contribution in [0.4, 0.5) is 11.4 Å². The van der Waals surface area contributed by atoms with Crippen LogP contribution in [0.15, 0.2) is 18.2 Å². The van der Waals surface area contributed by atoms with Crippen LogP contribution < -0.4 is 15.4 Å². The lowest BCUT2D eigenvalue weighted by atomic mass is 10.2. The zero-order chi connectivity index (χ0) is 10.7. The number of methoxy groups -OCH3 is 1. The summed E-state index contributed by atoms with van der Waals surface area (Å²) in [6.07, 6.45) is 0. The van der Waals surface area contributed by atoms with E-state index in [0.717, 1.165) is 43.4 Å². The van der Waals surface area contributed by atoms with Crippen molar-refractivity contribution in [3.8, 4) is 5.75 Å². The van der Waals surface area contributed by atoms with Gasteiger partial charge in [0, 0.05) is 36.6 Å². The molecule has 1 aliphatic heterocycles. The van der Waals surface area contributed by atoms with Crippen molar-refractivity contribution in [3.05, 3.63) is 18.2 Å². The van der Waals surface area contributed by atoms with Crippen molar-refractivity contribution in [1.29, 1.82) is 0 Å². The molecule has 1 fully saturated rings. The average molecular weight is 208 g/mol. The van der Waals surface area contributed by atoms with Crippen LogP contribution in [0.1, 0.15) is 0 Å². The Bertz CT molecular complexity index is 335. The lowest BCUT2D eigenvalue weighted by molar-refractivity contribution is 0.122. The fourth-order valence-corrected chi connectivity index (χ4v) is 1.73. The van der Waals surface area contributed by atoms with Crippen LogP contribution in [-0.2, 0) is 4.74 Å². The van der Waals surface area contributed by atoms with Crippen LogP contribution >= 0.6 is 0 Å². The van der Waals surface area contributed by atoms with Crippen molar-refractivity contribution in [3.63, 3.8) is 0 Å². The van der Waals surface area contributed by atoms with Gasteiger partial charge in [-0.1, -0.05) is 0 Å². The van der Waals surface area contributed by atoms with E-state index in [2.05, 4.69) is 4.90 Å². The van der Waals surface area contributed by atoms with E-state index in [1.54, 1.807) is 7.11 Å². The van der Waals surface area contributed by atoms with Crippen molar-refractivity contribution < 1.29 is 9.47 Å². The summed E-state index contributed by atoms with van der Waals surface area (Å²) in [5.41, 5.74) is 7.64. The largest absolute Gasteiger partial charge is 0.497 e. The standard InChI is InChI=1S/C11H16N2O2/c1-14-11-7-9(12)6-10(8-11)13-2-4-15-5-3-13/h6-8H,2-5,12H2,1H3. The van der Waals surface area contributed by atoms with E-state index in [4.69, 9.17) is 15.2 Å². The zero-order valence-electron chi connectivity index (χ0n) is 8.90. The summed E-state index contributed by atoms with van der Waals surface area (Å²) in [4.78, 5) is 2.25. The van der Waals surface area contributed by atoms with Gasteiger partial charge in [-0.3, -0.25) is 0 Å². The van der Waals surface area contributed by atoms with Crippen LogP contribution in [0, 0.1) is 0 Å². The molecule has 0 saturated carbocycles. The minimum Gasteiger partial charge on any atom is -0.497 e. The summed E-state index contributed by atoms with van der Waals surface area (Å²) in [5, 5.41) is 0. The van der Waals surface area contributed by atoms with Gasteiger partial charge in [0.25, 0.3) is 0 Å². The van der Waals surface area contributed by atoms with Crippen molar-refractivity contribution >= 4 is 11.4 Å². The number of ether oxygens (including phenoxy) is 2. The topological polar surface area (TPSA) is 47.7 Å². The highest BCUT2D eigenvalue weighted by atomic mass is 16.5. The number of hydrogen-bond acceptors (Lipinski definition) is 4. The van der Waals surface area contributed by atoms with Crippen molar-refractivity contribution in [2.24, 2.45) is 0 Å². The summed E-state index contributed by atoms with van der Waals surface area (Å²) in [6, 6.07) is 5.79. The first-order chi connectivity index (χ1) is 7.29. The summed E-state index contributed by atoms with van der Waals surface area (Å²) in [5.74, 6) is 0.802. The van der Waals surface area contributed by atoms with Crippen molar-refractivity contribution in [2.45, 2.75) is 0 Å². The quantitative estimate of drug-likeness (QED) is 0.740. The molecule has 1 aromatic rings. The molecule has 1 saturated heterocycles. The zero-order valence-corrected chi connectivity index (χ0v) is 8.90. The van der Waals surface area contributed by atoms with Crippen LogP contribution in [0.3, 0.4) is 0 Å². The van der Waals surface area contributed by atoms with Gasteiger partial charge in [0.1, 0.15) is 5.75 Å². The molecule has 4 nitrogen and oxygen atoms in total. The van der Waals surface area contributed by atoms with Crippen LogP contribution in [0.25, 0.3) is 0 Å². The van der Waals surface area contributed by atoms with E-state index in [1.165, 1.54) is 0 Å². The first kappa shape index (κ1) is 10.1. The van der Waals surface area contributed by atoms with E-state index in [0.29, 0.717) is 0 Å². The van der Waals surface area contributed by atoms with Gasteiger partial charge in [0.15, 0.2) is 0 Å². The number of hydrogen-bond donors (Lipinski definition) is 1. The van der Waals surface area contributed by atoms with Crippen molar-refractivity contribution in [1.82, 2.24) is 0 Å². The highest BCUT2D eigenvalue weighted by molar-refractivity contribution is 5.60. The van der Waals surface area contributed by atoms with Gasteiger partial charge in [-0.2, -0.15) is 0 Å². The van der Waals surface area contributed by atoms with E-state index in [-0.39, 0.29) is 0 Å². The highest BCUT2D eigenvalue weighted by Crippen LogP contribution is 2.25. The Labute approximate surface area is 89.6 Å². The number of rotatable bonds is 2. The molecule has 1 aromatic carbocycles. The number of nitrogens with two attached hydrogens (primary N) is 1. The molecule has 2 N–H and O–H groups in total. The predicted molar refractivity (Wildman–Crippen MR) is 60.4 cm³/mol. The van der Waals surface area contributed by atoms with Crippen molar-refractivity contribution in [2.75, 3.05) is 44.0 Å². The number of morpholine rings is 1. The van der Waals surface area contributed by atoms with Gasteiger partial charge in [0.05, 0.1) is 20.3 Å². The van der Waals surface area contributed by atoms with E-state index >= 15 is 0 Å². The lowest BCUT2D eigenvalue weighted by Gasteiger charge is -2.29. The molecule has 0 radical (unpaired) electrons. The third-order valence-electron chi connectivity index (χ3n) is 2.53. The molecule has 4 heteroatoms. The van der Waals surface area contributed by atoms with Gasteiger partial charge in [-0.25, -0.2) is 0 Å². The second-order valence-electron chi connectivity index (χ2n) is 3.56. The number of nitrogen functional groups attached to an aromatic ring is 1. The molecule has 0 aromatic heterocycles. The maximum Gasteiger partial charge on any atom is 0.122 e. The molecule has 15 heavy (non-hydrogen) atoms. The smallest absolute Gasteiger partial charge is 0.122 e. The Morgan fingerprint density at radius 3 is 2.67 bits per heavy atom. The van der Waals surface area contributed by atoms with Gasteiger partial charge >= 0.3 is 0 Å². The fraction of sp³-hybridized carbons (Fsp3) is 0.455. The van der Waals surface area contributed by atoms with E-state index in [1.807, 2.05) is 18.2 Å². The molecule has 1 heterocycles. The molecule has 1 aliphatic rings. The lowest BCUT2D eigenvalue weighted by Crippen LogP contribution is -2.36. The summed E-state index contributed by atoms with van der Waals surface area (Å²) < 4.78 is 10.5. The molecular weight excluding hydrogens is 192 g/mol. The third kappa shape index (κ3) is 2.33. The monoisotopic (exact) mass is 208 g/mol. The molecule has 2 rings (SSSR count). The van der Waals surface area contributed by atoms with Crippen LogP contribution in [-0.4, -0.2) is 33.4 Å². The number of benzene rings is 1. The molecule has 0 amide bonds. The Morgan fingerprint density at radius 1 is 1.27 bits per heavy atom. The summed E-state index contributed by atoms with van der Waals surface area (Å²) >= 11 is 0. The Kier molecular flexibility index (Phi) is 2.97. The minimum absolute atomic E-state index is 0.732. The Balaban J connectivity index is 2.22. The normalized spacial score (nSPS) is 16.5. The third-order valence-corrected chi connectivity index (χ3v) is 2.53. The second-order valence-corrected chi connectivity index (χ2v) is 3.56. The maximum absolute atomic E-state index is 5.80. The van der Waals surface area contributed by atoms with Crippen LogP contribution in [0.5, 0.6) is 5.75 Å². The van der Waals surface area contributed by atoms with E-state index in [9.17, 15) is 0 Å². The van der Waals surface area contributed by atoms with Gasteiger partial charge in [-0.15, -0.1) is 0 Å². The first-order valence-corrected chi connectivity index (χ1v) is 5.07. The molecule has 0 atom stereocenters.